The highest BCUT2D eigenvalue weighted by molar-refractivity contribution is 6.35. The lowest BCUT2D eigenvalue weighted by molar-refractivity contribution is -0.129. The number of carbonyl (C=O) groups is 2. The average Bonchev–Trinajstić information content (AvgIpc) is 2.92. The second-order valence-electron chi connectivity index (χ2n) is 8.13. The number of hydrazone groups is 1. The molecule has 0 spiro atoms. The molecule has 0 radical (unpaired) electrons. The van der Waals surface area contributed by atoms with Gasteiger partial charge in [-0.3, -0.25) is 9.59 Å². The molecule has 2 N–H and O–H groups in total. The third-order valence-corrected chi connectivity index (χ3v) is 5.76. The monoisotopic (exact) mass is 551 g/mol. The molecule has 0 aromatic heterocycles. The first-order valence-corrected chi connectivity index (χ1v) is 12.6. The van der Waals surface area contributed by atoms with E-state index in [1.165, 1.54) is 6.21 Å². The van der Waals surface area contributed by atoms with Crippen LogP contribution in [0.4, 0.5) is 0 Å². The molecule has 7 nitrogen and oxygen atoms in total. The van der Waals surface area contributed by atoms with Gasteiger partial charge >= 0.3 is 0 Å². The molecule has 0 aliphatic carbocycles. The van der Waals surface area contributed by atoms with Crippen LogP contribution in [0.15, 0.2) is 77.9 Å². The summed E-state index contributed by atoms with van der Waals surface area (Å²) in [4.78, 5) is 25.5. The van der Waals surface area contributed by atoms with Crippen molar-refractivity contribution in [2.75, 3.05) is 13.2 Å². The molecule has 0 bridgehead atoms. The smallest absolute Gasteiger partial charge is 0.262 e. The van der Waals surface area contributed by atoms with Gasteiger partial charge in [-0.1, -0.05) is 59.5 Å². The minimum absolute atomic E-state index is 0.168. The van der Waals surface area contributed by atoms with Crippen molar-refractivity contribution in [3.8, 4) is 23.8 Å². The standard InChI is InChI=1S/C29H27Cl2N3O4/c1-2-16-37-24-13-10-22(11-14-24)20-32-34-29(36)26(18-21-7-4-3-5-8-21)33-28(35)9-6-17-38-27-15-12-23(30)19-25(27)31/h1,3-5,7-8,10-15,19-20,26H,6,9,16-18H2,(H,33,35)(H,34,36)/b32-20-/t26-/m1/s1. The lowest BCUT2D eigenvalue weighted by Crippen LogP contribution is -2.46. The Bertz CT molecular complexity index is 1280. The zero-order valence-corrected chi connectivity index (χ0v) is 22.0. The van der Waals surface area contributed by atoms with Crippen LogP contribution in [-0.4, -0.2) is 37.3 Å². The Labute approximate surface area is 232 Å². The predicted octanol–water partition coefficient (Wildman–Crippen LogP) is 5.04. The largest absolute Gasteiger partial charge is 0.492 e. The molecule has 0 heterocycles. The van der Waals surface area contributed by atoms with Crippen molar-refractivity contribution < 1.29 is 19.1 Å². The number of amides is 2. The van der Waals surface area contributed by atoms with Crippen molar-refractivity contribution >= 4 is 41.2 Å². The van der Waals surface area contributed by atoms with Crippen molar-refractivity contribution in [1.82, 2.24) is 10.7 Å². The molecular formula is C29H27Cl2N3O4. The quantitative estimate of drug-likeness (QED) is 0.135. The maximum Gasteiger partial charge on any atom is 0.262 e. The summed E-state index contributed by atoms with van der Waals surface area (Å²) in [5.74, 6) is 2.82. The van der Waals surface area contributed by atoms with Gasteiger partial charge in [0.05, 0.1) is 17.8 Å². The molecule has 0 aliphatic heterocycles. The number of carbonyl (C=O) groups excluding carboxylic acids is 2. The molecule has 0 aliphatic rings. The Morgan fingerprint density at radius 1 is 1.03 bits per heavy atom. The summed E-state index contributed by atoms with van der Waals surface area (Å²) in [6, 6.07) is 20.6. The topological polar surface area (TPSA) is 89.0 Å². The molecule has 0 fully saturated rings. The Morgan fingerprint density at radius 3 is 2.50 bits per heavy atom. The van der Waals surface area contributed by atoms with Crippen molar-refractivity contribution in [3.63, 3.8) is 0 Å². The van der Waals surface area contributed by atoms with Gasteiger partial charge in [-0.2, -0.15) is 5.10 Å². The minimum atomic E-state index is -0.812. The Balaban J connectivity index is 1.53. The van der Waals surface area contributed by atoms with E-state index in [9.17, 15) is 9.59 Å². The summed E-state index contributed by atoms with van der Waals surface area (Å²) in [7, 11) is 0. The Hall–Kier alpha value is -3.99. The lowest BCUT2D eigenvalue weighted by atomic mass is 10.1. The van der Waals surface area contributed by atoms with Crippen molar-refractivity contribution in [2.24, 2.45) is 5.10 Å². The summed E-state index contributed by atoms with van der Waals surface area (Å²) >= 11 is 12.0. The van der Waals surface area contributed by atoms with Gasteiger partial charge < -0.3 is 14.8 Å². The first kappa shape index (κ1) is 28.6. The van der Waals surface area contributed by atoms with E-state index in [1.54, 1.807) is 42.5 Å². The first-order chi connectivity index (χ1) is 18.4. The number of hydrogen-bond donors (Lipinski definition) is 2. The second kappa shape index (κ2) is 15.3. The fraction of sp³-hybridized carbons (Fsp3) is 0.207. The number of terminal acetylenes is 1. The van der Waals surface area contributed by atoms with Crippen LogP contribution in [-0.2, 0) is 16.0 Å². The molecule has 2 amide bonds. The zero-order chi connectivity index (χ0) is 27.2. The van der Waals surface area contributed by atoms with E-state index in [0.29, 0.717) is 34.4 Å². The fourth-order valence-electron chi connectivity index (χ4n) is 3.36. The van der Waals surface area contributed by atoms with Gasteiger partial charge in [0, 0.05) is 17.9 Å². The molecule has 0 saturated heterocycles. The van der Waals surface area contributed by atoms with Gasteiger partial charge in [0.1, 0.15) is 24.1 Å². The van der Waals surface area contributed by atoms with E-state index in [2.05, 4.69) is 21.8 Å². The Kier molecular flexibility index (Phi) is 11.5. The maximum absolute atomic E-state index is 12.9. The fourth-order valence-corrected chi connectivity index (χ4v) is 3.82. The van der Waals surface area contributed by atoms with Gasteiger partial charge in [-0.25, -0.2) is 5.43 Å². The number of ether oxygens (including phenoxy) is 2. The van der Waals surface area contributed by atoms with Crippen LogP contribution in [0, 0.1) is 12.3 Å². The predicted molar refractivity (Wildman–Crippen MR) is 150 cm³/mol. The molecule has 1 atom stereocenters. The van der Waals surface area contributed by atoms with E-state index in [0.717, 1.165) is 11.1 Å². The summed E-state index contributed by atoms with van der Waals surface area (Å²) in [6.45, 7) is 0.461. The minimum Gasteiger partial charge on any atom is -0.492 e. The highest BCUT2D eigenvalue weighted by atomic mass is 35.5. The Morgan fingerprint density at radius 2 is 1.79 bits per heavy atom. The van der Waals surface area contributed by atoms with Gasteiger partial charge in [0.2, 0.25) is 5.91 Å². The van der Waals surface area contributed by atoms with Gasteiger partial charge in [0.15, 0.2) is 0 Å². The van der Waals surface area contributed by atoms with Crippen LogP contribution in [0.1, 0.15) is 24.0 Å². The number of nitrogens with zero attached hydrogens (tertiary/aromatic N) is 1. The SMILES string of the molecule is C#CCOc1ccc(/C=N\NC(=O)[C@@H](Cc2ccccc2)NC(=O)CCCOc2ccc(Cl)cc2Cl)cc1. The number of benzene rings is 3. The molecule has 0 saturated carbocycles. The maximum atomic E-state index is 12.9. The molecule has 9 heteroatoms. The molecule has 3 aromatic carbocycles. The van der Waals surface area contributed by atoms with Crippen LogP contribution in [0.5, 0.6) is 11.5 Å². The van der Waals surface area contributed by atoms with Gasteiger partial charge in [0.25, 0.3) is 5.91 Å². The molecule has 3 rings (SSSR count). The van der Waals surface area contributed by atoms with Crippen LogP contribution in [0.3, 0.4) is 0 Å². The van der Waals surface area contributed by atoms with Crippen LogP contribution < -0.4 is 20.2 Å². The lowest BCUT2D eigenvalue weighted by Gasteiger charge is -2.17. The van der Waals surface area contributed by atoms with Crippen molar-refractivity contribution in [1.29, 1.82) is 0 Å². The number of hydrogen-bond acceptors (Lipinski definition) is 5. The number of nitrogens with one attached hydrogen (secondary N) is 2. The van der Waals surface area contributed by atoms with Crippen LogP contribution in [0.2, 0.25) is 10.0 Å². The summed E-state index contributed by atoms with van der Waals surface area (Å²) in [5, 5.41) is 7.75. The van der Waals surface area contributed by atoms with Crippen molar-refractivity contribution in [3.05, 3.63) is 94.0 Å². The average molecular weight is 552 g/mol. The van der Waals surface area contributed by atoms with E-state index in [1.807, 2.05) is 30.3 Å². The van der Waals surface area contributed by atoms with E-state index in [-0.39, 0.29) is 25.5 Å². The summed E-state index contributed by atoms with van der Waals surface area (Å²) in [5.41, 5.74) is 4.17. The van der Waals surface area contributed by atoms with E-state index in [4.69, 9.17) is 39.1 Å². The second-order valence-corrected chi connectivity index (χ2v) is 8.98. The zero-order valence-electron chi connectivity index (χ0n) is 20.5. The highest BCUT2D eigenvalue weighted by Gasteiger charge is 2.21. The molecule has 38 heavy (non-hydrogen) atoms. The summed E-state index contributed by atoms with van der Waals surface area (Å²) < 4.78 is 11.0. The van der Waals surface area contributed by atoms with Crippen LogP contribution in [0.25, 0.3) is 0 Å². The number of rotatable bonds is 13. The normalized spacial score (nSPS) is 11.4. The van der Waals surface area contributed by atoms with E-state index < -0.39 is 11.9 Å². The third kappa shape index (κ3) is 9.81. The van der Waals surface area contributed by atoms with E-state index >= 15 is 0 Å². The molecule has 3 aromatic rings. The molecular weight excluding hydrogens is 525 g/mol. The third-order valence-electron chi connectivity index (χ3n) is 5.22. The first-order valence-electron chi connectivity index (χ1n) is 11.8. The van der Waals surface area contributed by atoms with Crippen LogP contribution >= 0.6 is 23.2 Å². The van der Waals surface area contributed by atoms with Crippen molar-refractivity contribution in [2.45, 2.75) is 25.3 Å². The highest BCUT2D eigenvalue weighted by Crippen LogP contribution is 2.27. The van der Waals surface area contributed by atoms with Gasteiger partial charge in [-0.15, -0.1) is 6.42 Å². The summed E-state index contributed by atoms with van der Waals surface area (Å²) in [6.07, 6.45) is 7.61. The number of halogens is 2. The molecule has 0 unspecified atom stereocenters. The molecule has 196 valence electrons. The van der Waals surface area contributed by atoms with Gasteiger partial charge in [-0.05, 0) is 60.0 Å².